The summed E-state index contributed by atoms with van der Waals surface area (Å²) in [5.74, 6) is 1.40. The van der Waals surface area contributed by atoms with Gasteiger partial charge in [0.25, 0.3) is 5.91 Å². The van der Waals surface area contributed by atoms with E-state index < -0.39 is 0 Å². The average molecular weight is 474 g/mol. The Morgan fingerprint density at radius 3 is 2.91 bits per heavy atom. The molecule has 2 N–H and O–H groups in total. The van der Waals surface area contributed by atoms with E-state index in [1.54, 1.807) is 0 Å². The monoisotopic (exact) mass is 473 g/mol. The van der Waals surface area contributed by atoms with Gasteiger partial charge in [0.2, 0.25) is 12.2 Å². The summed E-state index contributed by atoms with van der Waals surface area (Å²) in [5.41, 5.74) is 4.95. The Balaban J connectivity index is 1.34. The summed E-state index contributed by atoms with van der Waals surface area (Å²) in [6.07, 6.45) is 2.34. The van der Waals surface area contributed by atoms with Gasteiger partial charge in [0.1, 0.15) is 10.7 Å². The standard InChI is InChI=1S/C23H28ClN5O2S/c1-15(2)10-12-28-22(31)21-18(11-13-32-21)29-19(26-27-23(28)29)8-5-9-20(30)25-14-16-6-3-4-7-17(16)24/h3-4,6-7,11,13,15,23,27H,5,8-10,12,14H2,1-2H3,(H,25,30). The van der Waals surface area contributed by atoms with E-state index in [2.05, 4.69) is 34.6 Å². The topological polar surface area (TPSA) is 77.0 Å². The molecule has 1 atom stereocenters. The van der Waals surface area contributed by atoms with E-state index in [1.807, 2.05) is 40.6 Å². The van der Waals surface area contributed by atoms with Crippen LogP contribution in [-0.2, 0) is 11.3 Å². The van der Waals surface area contributed by atoms with Gasteiger partial charge < -0.3 is 5.32 Å². The average Bonchev–Trinajstić information content (AvgIpc) is 3.40. The van der Waals surface area contributed by atoms with E-state index in [0.717, 1.165) is 28.4 Å². The number of halogens is 1. The Morgan fingerprint density at radius 1 is 1.31 bits per heavy atom. The first-order chi connectivity index (χ1) is 15.5. The SMILES string of the molecule is CC(C)CCN1C(=O)c2sccc2N2C(CCCC(=O)NCc3ccccc3Cl)=NNC12. The molecule has 7 nitrogen and oxygen atoms in total. The molecule has 4 rings (SSSR count). The summed E-state index contributed by atoms with van der Waals surface area (Å²) in [7, 11) is 0. The van der Waals surface area contributed by atoms with Crippen molar-refractivity contribution in [1.82, 2.24) is 15.6 Å². The number of hydrogen-bond acceptors (Lipinski definition) is 6. The number of carbonyl (C=O) groups excluding carboxylic acids is 2. The molecule has 2 aliphatic rings. The van der Waals surface area contributed by atoms with Crippen molar-refractivity contribution in [3.8, 4) is 0 Å². The number of thiophene rings is 1. The Kier molecular flexibility index (Phi) is 7.01. The first-order valence-corrected chi connectivity index (χ1v) is 12.2. The van der Waals surface area contributed by atoms with Crippen molar-refractivity contribution >= 4 is 46.3 Å². The van der Waals surface area contributed by atoms with Gasteiger partial charge in [-0.05, 0) is 41.8 Å². The number of nitrogens with zero attached hydrogens (tertiary/aromatic N) is 3. The maximum atomic E-state index is 13.0. The molecule has 9 heteroatoms. The minimum absolute atomic E-state index is 0.0170. The molecule has 1 aromatic heterocycles. The van der Waals surface area contributed by atoms with Crippen LogP contribution in [0.2, 0.25) is 5.02 Å². The number of benzene rings is 1. The molecule has 1 aromatic carbocycles. The Labute approximate surface area is 197 Å². The van der Waals surface area contributed by atoms with E-state index >= 15 is 0 Å². The molecular formula is C23H28ClN5O2S. The molecule has 32 heavy (non-hydrogen) atoms. The van der Waals surface area contributed by atoms with Crippen LogP contribution in [0.3, 0.4) is 0 Å². The highest BCUT2D eigenvalue weighted by atomic mass is 35.5. The minimum atomic E-state index is -0.299. The predicted octanol–water partition coefficient (Wildman–Crippen LogP) is 4.40. The van der Waals surface area contributed by atoms with Crippen LogP contribution in [0, 0.1) is 5.92 Å². The molecule has 0 spiro atoms. The van der Waals surface area contributed by atoms with Gasteiger partial charge in [0.05, 0.1) is 5.69 Å². The van der Waals surface area contributed by atoms with Gasteiger partial charge in [-0.25, -0.2) is 0 Å². The third kappa shape index (κ3) is 4.76. The highest BCUT2D eigenvalue weighted by Gasteiger charge is 2.43. The lowest BCUT2D eigenvalue weighted by atomic mass is 10.1. The third-order valence-electron chi connectivity index (χ3n) is 5.67. The van der Waals surface area contributed by atoms with Crippen LogP contribution in [0.1, 0.15) is 54.8 Å². The summed E-state index contributed by atoms with van der Waals surface area (Å²) >= 11 is 7.62. The van der Waals surface area contributed by atoms with Crippen LogP contribution >= 0.6 is 22.9 Å². The maximum Gasteiger partial charge on any atom is 0.269 e. The second kappa shape index (κ2) is 9.92. The van der Waals surface area contributed by atoms with Crippen LogP contribution in [0.25, 0.3) is 0 Å². The molecule has 0 bridgehead atoms. The summed E-state index contributed by atoms with van der Waals surface area (Å²) in [6.45, 7) is 5.41. The minimum Gasteiger partial charge on any atom is -0.352 e. The van der Waals surface area contributed by atoms with Crippen LogP contribution < -0.4 is 15.6 Å². The summed E-state index contributed by atoms with van der Waals surface area (Å²) in [5, 5.41) is 10.1. The number of anilines is 1. The van der Waals surface area contributed by atoms with E-state index in [0.29, 0.717) is 43.3 Å². The summed E-state index contributed by atoms with van der Waals surface area (Å²) < 4.78 is 0. The Morgan fingerprint density at radius 2 is 2.12 bits per heavy atom. The van der Waals surface area contributed by atoms with Crippen LogP contribution in [0.15, 0.2) is 40.8 Å². The van der Waals surface area contributed by atoms with E-state index in [1.165, 1.54) is 11.3 Å². The molecule has 2 amide bonds. The highest BCUT2D eigenvalue weighted by molar-refractivity contribution is 7.12. The molecule has 170 valence electrons. The largest absolute Gasteiger partial charge is 0.352 e. The van der Waals surface area contributed by atoms with Gasteiger partial charge in [0.15, 0.2) is 0 Å². The first-order valence-electron chi connectivity index (χ1n) is 11.0. The Bertz CT molecular complexity index is 1020. The summed E-state index contributed by atoms with van der Waals surface area (Å²) in [4.78, 5) is 30.0. The normalized spacial score (nSPS) is 17.2. The van der Waals surface area contributed by atoms with Crippen LogP contribution in [0.5, 0.6) is 0 Å². The van der Waals surface area contributed by atoms with Gasteiger partial charge in [-0.15, -0.1) is 11.3 Å². The molecular weight excluding hydrogens is 446 g/mol. The third-order valence-corrected chi connectivity index (χ3v) is 6.93. The highest BCUT2D eigenvalue weighted by Crippen LogP contribution is 2.37. The number of amidine groups is 1. The lowest BCUT2D eigenvalue weighted by molar-refractivity contribution is -0.121. The van der Waals surface area contributed by atoms with Crippen molar-refractivity contribution in [2.45, 2.75) is 52.4 Å². The predicted molar refractivity (Wildman–Crippen MR) is 129 cm³/mol. The van der Waals surface area contributed by atoms with E-state index in [-0.39, 0.29) is 18.1 Å². The van der Waals surface area contributed by atoms with Gasteiger partial charge in [-0.1, -0.05) is 43.6 Å². The first kappa shape index (κ1) is 22.6. The van der Waals surface area contributed by atoms with Crippen molar-refractivity contribution in [3.63, 3.8) is 0 Å². The van der Waals surface area contributed by atoms with Crippen LogP contribution in [0.4, 0.5) is 5.69 Å². The van der Waals surface area contributed by atoms with Gasteiger partial charge >= 0.3 is 0 Å². The number of rotatable bonds is 9. The molecule has 0 aliphatic carbocycles. The van der Waals surface area contributed by atoms with Crippen molar-refractivity contribution in [3.05, 3.63) is 51.2 Å². The van der Waals surface area contributed by atoms with Crippen molar-refractivity contribution in [2.75, 3.05) is 11.4 Å². The molecule has 2 aromatic rings. The number of fused-ring (bicyclic) bond motifs is 3. The smallest absolute Gasteiger partial charge is 0.269 e. The lowest BCUT2D eigenvalue weighted by Gasteiger charge is -2.40. The molecule has 0 saturated carbocycles. The molecule has 0 fully saturated rings. The van der Waals surface area contributed by atoms with Crippen molar-refractivity contribution in [2.24, 2.45) is 11.0 Å². The fraction of sp³-hybridized carbons (Fsp3) is 0.435. The zero-order valence-corrected chi connectivity index (χ0v) is 19.9. The second-order valence-electron chi connectivity index (χ2n) is 8.44. The second-order valence-corrected chi connectivity index (χ2v) is 9.76. The van der Waals surface area contributed by atoms with E-state index in [4.69, 9.17) is 11.6 Å². The number of hydrazone groups is 1. The number of hydrogen-bond donors (Lipinski definition) is 2. The zero-order chi connectivity index (χ0) is 22.7. The molecule has 0 radical (unpaired) electrons. The Hall–Kier alpha value is -2.58. The number of carbonyl (C=O) groups is 2. The molecule has 2 aliphatic heterocycles. The zero-order valence-electron chi connectivity index (χ0n) is 18.3. The van der Waals surface area contributed by atoms with Crippen LogP contribution in [-0.4, -0.2) is 35.4 Å². The maximum absolute atomic E-state index is 13.0. The molecule has 0 saturated heterocycles. The summed E-state index contributed by atoms with van der Waals surface area (Å²) in [6, 6.07) is 9.47. The fourth-order valence-electron chi connectivity index (χ4n) is 3.89. The van der Waals surface area contributed by atoms with Gasteiger partial charge in [-0.2, -0.15) is 5.10 Å². The molecule has 3 heterocycles. The van der Waals surface area contributed by atoms with Gasteiger partial charge in [0, 0.05) is 31.0 Å². The number of nitrogens with one attached hydrogen (secondary N) is 2. The number of amides is 2. The molecule has 1 unspecified atom stereocenters. The van der Waals surface area contributed by atoms with E-state index in [9.17, 15) is 9.59 Å². The lowest BCUT2D eigenvalue weighted by Crippen LogP contribution is -2.58. The van der Waals surface area contributed by atoms with Crippen molar-refractivity contribution < 1.29 is 9.59 Å². The van der Waals surface area contributed by atoms with Gasteiger partial charge in [-0.3, -0.25) is 24.8 Å². The fourth-order valence-corrected chi connectivity index (χ4v) is 4.93. The quantitative estimate of drug-likeness (QED) is 0.566. The van der Waals surface area contributed by atoms with Crippen molar-refractivity contribution in [1.29, 1.82) is 0 Å².